The number of aromatic nitrogens is 1. The van der Waals surface area contributed by atoms with Crippen LogP contribution in [0.25, 0.3) is 0 Å². The van der Waals surface area contributed by atoms with Crippen molar-refractivity contribution in [2.45, 2.75) is 12.8 Å². The molecule has 1 aromatic heterocycles. The standard InChI is InChI=1S/C12H18N4O2/c1-15-8-9(13)6-10(15)12(18)14-7-11(17)16-4-2-3-5-16/h6,8H,2-5,7,13H2,1H3,(H,14,18). The van der Waals surface area contributed by atoms with Gasteiger partial charge in [0.15, 0.2) is 0 Å². The van der Waals surface area contributed by atoms with Gasteiger partial charge in [-0.1, -0.05) is 0 Å². The van der Waals surface area contributed by atoms with Crippen LogP contribution in [0, 0.1) is 0 Å². The second-order valence-corrected chi connectivity index (χ2v) is 4.54. The van der Waals surface area contributed by atoms with E-state index in [2.05, 4.69) is 5.32 Å². The van der Waals surface area contributed by atoms with Gasteiger partial charge in [0, 0.05) is 26.3 Å². The molecular formula is C12H18N4O2. The molecule has 1 aromatic rings. The van der Waals surface area contributed by atoms with Crippen molar-refractivity contribution in [3.05, 3.63) is 18.0 Å². The lowest BCUT2D eigenvalue weighted by Gasteiger charge is -2.15. The van der Waals surface area contributed by atoms with Crippen LogP contribution in [0.2, 0.25) is 0 Å². The highest BCUT2D eigenvalue weighted by molar-refractivity contribution is 5.96. The Morgan fingerprint density at radius 2 is 2.06 bits per heavy atom. The van der Waals surface area contributed by atoms with Gasteiger partial charge in [-0.15, -0.1) is 0 Å². The first-order valence-electron chi connectivity index (χ1n) is 6.06. The second-order valence-electron chi connectivity index (χ2n) is 4.54. The molecule has 2 heterocycles. The Bertz CT molecular complexity index is 461. The summed E-state index contributed by atoms with van der Waals surface area (Å²) in [6, 6.07) is 1.59. The Morgan fingerprint density at radius 1 is 1.39 bits per heavy atom. The summed E-state index contributed by atoms with van der Waals surface area (Å²) in [6.45, 7) is 1.64. The summed E-state index contributed by atoms with van der Waals surface area (Å²) in [5, 5.41) is 2.62. The van der Waals surface area contributed by atoms with Crippen LogP contribution in [0.3, 0.4) is 0 Å². The van der Waals surface area contributed by atoms with E-state index in [1.54, 1.807) is 28.8 Å². The first kappa shape index (κ1) is 12.5. The van der Waals surface area contributed by atoms with Crippen molar-refractivity contribution in [3.63, 3.8) is 0 Å². The first-order chi connectivity index (χ1) is 8.58. The van der Waals surface area contributed by atoms with E-state index in [1.807, 2.05) is 0 Å². The third-order valence-electron chi connectivity index (χ3n) is 3.12. The highest BCUT2D eigenvalue weighted by Crippen LogP contribution is 2.09. The van der Waals surface area contributed by atoms with Crippen molar-refractivity contribution in [2.24, 2.45) is 7.05 Å². The van der Waals surface area contributed by atoms with Gasteiger partial charge in [0.1, 0.15) is 5.69 Å². The molecular weight excluding hydrogens is 232 g/mol. The maximum absolute atomic E-state index is 11.8. The van der Waals surface area contributed by atoms with E-state index in [-0.39, 0.29) is 18.4 Å². The van der Waals surface area contributed by atoms with E-state index in [0.29, 0.717) is 11.4 Å². The lowest BCUT2D eigenvalue weighted by atomic mass is 10.3. The summed E-state index contributed by atoms with van der Waals surface area (Å²) in [4.78, 5) is 25.4. The molecule has 1 aliphatic rings. The predicted molar refractivity (Wildman–Crippen MR) is 68.0 cm³/mol. The second kappa shape index (κ2) is 5.12. The van der Waals surface area contributed by atoms with Crippen LogP contribution in [0.4, 0.5) is 5.69 Å². The average molecular weight is 250 g/mol. The number of hydrogen-bond acceptors (Lipinski definition) is 3. The van der Waals surface area contributed by atoms with Gasteiger partial charge in [0.2, 0.25) is 5.91 Å². The number of nitrogens with two attached hydrogens (primary N) is 1. The molecule has 3 N–H and O–H groups in total. The van der Waals surface area contributed by atoms with Gasteiger partial charge in [-0.3, -0.25) is 9.59 Å². The zero-order chi connectivity index (χ0) is 13.1. The van der Waals surface area contributed by atoms with Crippen LogP contribution < -0.4 is 11.1 Å². The van der Waals surface area contributed by atoms with Crippen LogP contribution in [0.1, 0.15) is 23.3 Å². The molecule has 2 rings (SSSR count). The van der Waals surface area contributed by atoms with E-state index in [0.717, 1.165) is 25.9 Å². The molecule has 98 valence electrons. The highest BCUT2D eigenvalue weighted by Gasteiger charge is 2.19. The molecule has 0 radical (unpaired) electrons. The third kappa shape index (κ3) is 2.64. The number of rotatable bonds is 3. The fourth-order valence-electron chi connectivity index (χ4n) is 2.14. The summed E-state index contributed by atoms with van der Waals surface area (Å²) >= 11 is 0. The van der Waals surface area contributed by atoms with E-state index in [9.17, 15) is 9.59 Å². The van der Waals surface area contributed by atoms with Gasteiger partial charge < -0.3 is 20.5 Å². The number of nitrogens with zero attached hydrogens (tertiary/aromatic N) is 2. The van der Waals surface area contributed by atoms with Crippen LogP contribution in [0.5, 0.6) is 0 Å². The molecule has 0 unspecified atom stereocenters. The predicted octanol–water partition coefficient (Wildman–Crippen LogP) is -0.0405. The summed E-state index contributed by atoms with van der Waals surface area (Å²) < 4.78 is 1.64. The summed E-state index contributed by atoms with van der Waals surface area (Å²) in [7, 11) is 1.74. The third-order valence-corrected chi connectivity index (χ3v) is 3.12. The fraction of sp³-hybridized carbons (Fsp3) is 0.500. The van der Waals surface area contributed by atoms with E-state index in [4.69, 9.17) is 5.73 Å². The minimum Gasteiger partial charge on any atom is -0.397 e. The number of hydrogen-bond donors (Lipinski definition) is 2. The Kier molecular flexibility index (Phi) is 3.55. The topological polar surface area (TPSA) is 80.4 Å². The largest absolute Gasteiger partial charge is 0.397 e. The molecule has 18 heavy (non-hydrogen) atoms. The number of carbonyl (C=O) groups is 2. The van der Waals surface area contributed by atoms with E-state index in [1.165, 1.54) is 0 Å². The molecule has 1 fully saturated rings. The Balaban J connectivity index is 1.88. The number of nitrogen functional groups attached to an aromatic ring is 1. The molecule has 0 atom stereocenters. The number of anilines is 1. The number of nitrogens with one attached hydrogen (secondary N) is 1. The molecule has 0 bridgehead atoms. The van der Waals surface area contributed by atoms with Gasteiger partial charge >= 0.3 is 0 Å². The zero-order valence-corrected chi connectivity index (χ0v) is 10.5. The van der Waals surface area contributed by atoms with Crippen molar-refractivity contribution >= 4 is 17.5 Å². The van der Waals surface area contributed by atoms with Crippen molar-refractivity contribution in [1.82, 2.24) is 14.8 Å². The van der Waals surface area contributed by atoms with E-state index < -0.39 is 0 Å². The molecule has 0 spiro atoms. The lowest BCUT2D eigenvalue weighted by Crippen LogP contribution is -2.39. The molecule has 6 nitrogen and oxygen atoms in total. The normalized spacial score (nSPS) is 14.8. The molecule has 2 amide bonds. The average Bonchev–Trinajstić information content (AvgIpc) is 2.95. The van der Waals surface area contributed by atoms with Gasteiger partial charge in [-0.25, -0.2) is 0 Å². The van der Waals surface area contributed by atoms with Crippen molar-refractivity contribution in [1.29, 1.82) is 0 Å². The van der Waals surface area contributed by atoms with Crippen molar-refractivity contribution < 1.29 is 9.59 Å². The number of carbonyl (C=O) groups excluding carboxylic acids is 2. The minimum atomic E-state index is -0.276. The van der Waals surface area contributed by atoms with Gasteiger partial charge in [0.25, 0.3) is 5.91 Å². The number of aryl methyl sites for hydroxylation is 1. The van der Waals surface area contributed by atoms with Crippen molar-refractivity contribution in [3.8, 4) is 0 Å². The monoisotopic (exact) mass is 250 g/mol. The van der Waals surface area contributed by atoms with Crippen molar-refractivity contribution in [2.75, 3.05) is 25.4 Å². The summed E-state index contributed by atoms with van der Waals surface area (Å²) in [5.41, 5.74) is 6.59. The maximum atomic E-state index is 11.8. The summed E-state index contributed by atoms with van der Waals surface area (Å²) in [6.07, 6.45) is 3.76. The Labute approximate surface area is 106 Å². The molecule has 0 aliphatic carbocycles. The van der Waals surface area contributed by atoms with Crippen LogP contribution in [-0.4, -0.2) is 40.9 Å². The smallest absolute Gasteiger partial charge is 0.268 e. The van der Waals surface area contributed by atoms with Crippen LogP contribution >= 0.6 is 0 Å². The number of amides is 2. The van der Waals surface area contributed by atoms with Crippen LogP contribution in [0.15, 0.2) is 12.3 Å². The molecule has 1 aliphatic heterocycles. The molecule has 0 aromatic carbocycles. The van der Waals surface area contributed by atoms with Gasteiger partial charge in [-0.2, -0.15) is 0 Å². The highest BCUT2D eigenvalue weighted by atomic mass is 16.2. The number of likely N-dealkylation sites (tertiary alicyclic amines) is 1. The summed E-state index contributed by atoms with van der Waals surface area (Å²) in [5.74, 6) is -0.301. The van der Waals surface area contributed by atoms with Gasteiger partial charge in [-0.05, 0) is 18.9 Å². The lowest BCUT2D eigenvalue weighted by molar-refractivity contribution is -0.129. The Hall–Kier alpha value is -1.98. The maximum Gasteiger partial charge on any atom is 0.268 e. The van der Waals surface area contributed by atoms with Crippen LogP contribution in [-0.2, 0) is 11.8 Å². The SMILES string of the molecule is Cn1cc(N)cc1C(=O)NCC(=O)N1CCCC1. The minimum absolute atomic E-state index is 0.0250. The fourth-order valence-corrected chi connectivity index (χ4v) is 2.14. The molecule has 1 saturated heterocycles. The quantitative estimate of drug-likeness (QED) is 0.790. The Morgan fingerprint density at radius 3 is 2.61 bits per heavy atom. The van der Waals surface area contributed by atoms with E-state index >= 15 is 0 Å². The zero-order valence-electron chi connectivity index (χ0n) is 10.5. The molecule has 0 saturated carbocycles. The molecule has 6 heteroatoms. The van der Waals surface area contributed by atoms with Gasteiger partial charge in [0.05, 0.1) is 12.2 Å². The first-order valence-corrected chi connectivity index (χ1v) is 6.06.